The molecule has 1 fully saturated rings. The van der Waals surface area contributed by atoms with Gasteiger partial charge in [0.1, 0.15) is 17.4 Å². The number of amides is 1. The molecule has 1 heterocycles. The van der Waals surface area contributed by atoms with Gasteiger partial charge in [-0.2, -0.15) is 5.26 Å². The molecule has 1 N–H and O–H groups in total. The average molecular weight is 333 g/mol. The van der Waals surface area contributed by atoms with Crippen molar-refractivity contribution in [3.8, 4) is 11.8 Å². The van der Waals surface area contributed by atoms with Gasteiger partial charge in [-0.1, -0.05) is 30.3 Å². The maximum atomic E-state index is 12.6. The molecule has 5 nitrogen and oxygen atoms in total. The van der Waals surface area contributed by atoms with Crippen LogP contribution in [0.25, 0.3) is 6.08 Å². The van der Waals surface area contributed by atoms with E-state index in [-0.39, 0.29) is 17.2 Å². The molecule has 1 aliphatic rings. The number of carbonyl (C=O) groups is 1. The first-order valence-corrected chi connectivity index (χ1v) is 8.17. The van der Waals surface area contributed by atoms with E-state index in [4.69, 9.17) is 0 Å². The van der Waals surface area contributed by atoms with Crippen molar-refractivity contribution in [3.05, 3.63) is 65.7 Å². The molecule has 1 aliphatic heterocycles. The van der Waals surface area contributed by atoms with Gasteiger partial charge in [0.25, 0.3) is 5.91 Å². The maximum Gasteiger partial charge on any atom is 0.264 e. The summed E-state index contributed by atoms with van der Waals surface area (Å²) in [4.78, 5) is 16.6. The van der Waals surface area contributed by atoms with Crippen LogP contribution in [0.3, 0.4) is 0 Å². The molecule has 0 bridgehead atoms. The van der Waals surface area contributed by atoms with E-state index in [0.29, 0.717) is 18.7 Å². The number of hydrogen-bond donors (Lipinski definition) is 1. The number of hydrogen-bond acceptors (Lipinski definition) is 4. The first-order valence-electron chi connectivity index (χ1n) is 8.17. The minimum atomic E-state index is -0.265. The van der Waals surface area contributed by atoms with Crippen LogP contribution in [-0.2, 0) is 4.79 Å². The number of nitriles is 1. The molecule has 0 unspecified atom stereocenters. The molecule has 5 heteroatoms. The molecule has 1 saturated heterocycles. The molecular weight excluding hydrogens is 314 g/mol. The number of phenolic OH excluding ortho intramolecular Hbond substituents is 1. The molecule has 0 spiro atoms. The lowest BCUT2D eigenvalue weighted by Crippen LogP contribution is -2.49. The summed E-state index contributed by atoms with van der Waals surface area (Å²) in [6.45, 7) is 2.63. The zero-order chi connectivity index (χ0) is 17.6. The number of rotatable bonds is 3. The highest BCUT2D eigenvalue weighted by Gasteiger charge is 2.23. The Kier molecular flexibility index (Phi) is 5.00. The molecule has 2 aromatic carbocycles. The summed E-state index contributed by atoms with van der Waals surface area (Å²) in [6.07, 6.45) is 1.52. The van der Waals surface area contributed by atoms with Gasteiger partial charge < -0.3 is 14.9 Å². The Hall–Kier alpha value is -3.26. The second-order valence-electron chi connectivity index (χ2n) is 5.88. The molecule has 0 atom stereocenters. The van der Waals surface area contributed by atoms with Crippen molar-refractivity contribution in [2.24, 2.45) is 0 Å². The van der Waals surface area contributed by atoms with E-state index in [2.05, 4.69) is 17.0 Å². The summed E-state index contributed by atoms with van der Waals surface area (Å²) in [5, 5.41) is 18.9. The van der Waals surface area contributed by atoms with Crippen molar-refractivity contribution in [2.75, 3.05) is 31.1 Å². The molecule has 1 amide bonds. The highest BCUT2D eigenvalue weighted by molar-refractivity contribution is 6.01. The summed E-state index contributed by atoms with van der Waals surface area (Å²) in [6, 6.07) is 18.6. The van der Waals surface area contributed by atoms with E-state index in [1.54, 1.807) is 23.1 Å². The molecular formula is C20H19N3O2. The van der Waals surface area contributed by atoms with Crippen LogP contribution in [0.5, 0.6) is 5.75 Å². The van der Waals surface area contributed by atoms with Crippen molar-refractivity contribution >= 4 is 17.7 Å². The van der Waals surface area contributed by atoms with E-state index in [1.807, 2.05) is 24.3 Å². The quantitative estimate of drug-likeness (QED) is 0.693. The summed E-state index contributed by atoms with van der Waals surface area (Å²) in [5.74, 6) is -0.159. The second-order valence-corrected chi connectivity index (χ2v) is 5.88. The van der Waals surface area contributed by atoms with Crippen molar-refractivity contribution in [1.82, 2.24) is 4.90 Å². The summed E-state index contributed by atoms with van der Waals surface area (Å²) >= 11 is 0. The minimum absolute atomic E-state index is 0.0822. The zero-order valence-electron chi connectivity index (χ0n) is 13.8. The van der Waals surface area contributed by atoms with Gasteiger partial charge >= 0.3 is 0 Å². The standard InChI is InChI=1S/C20H19N3O2/c21-15-17(13-16-5-4-8-19(24)14-16)20(25)23-11-9-22(10-12-23)18-6-2-1-3-7-18/h1-8,13-14,24H,9-12H2/b17-13-. The Morgan fingerprint density at radius 1 is 1.04 bits per heavy atom. The monoisotopic (exact) mass is 333 g/mol. The lowest BCUT2D eigenvalue weighted by Gasteiger charge is -2.36. The lowest BCUT2D eigenvalue weighted by atomic mass is 10.1. The molecule has 0 aliphatic carbocycles. The molecule has 0 aromatic heterocycles. The van der Waals surface area contributed by atoms with Crippen molar-refractivity contribution in [1.29, 1.82) is 5.26 Å². The second kappa shape index (κ2) is 7.54. The fraction of sp³-hybridized carbons (Fsp3) is 0.200. The average Bonchev–Trinajstić information content (AvgIpc) is 2.66. The predicted molar refractivity (Wildman–Crippen MR) is 96.9 cm³/mol. The largest absolute Gasteiger partial charge is 0.508 e. The first-order chi connectivity index (χ1) is 12.2. The van der Waals surface area contributed by atoms with Crippen LogP contribution in [0.4, 0.5) is 5.69 Å². The van der Waals surface area contributed by atoms with Crippen molar-refractivity contribution in [3.63, 3.8) is 0 Å². The number of benzene rings is 2. The van der Waals surface area contributed by atoms with E-state index >= 15 is 0 Å². The van der Waals surface area contributed by atoms with Crippen molar-refractivity contribution in [2.45, 2.75) is 0 Å². The van der Waals surface area contributed by atoms with E-state index in [0.717, 1.165) is 18.8 Å². The minimum Gasteiger partial charge on any atom is -0.508 e. The van der Waals surface area contributed by atoms with Crippen LogP contribution >= 0.6 is 0 Å². The van der Waals surface area contributed by atoms with Gasteiger partial charge in [0.2, 0.25) is 0 Å². The van der Waals surface area contributed by atoms with Crippen LogP contribution in [0.1, 0.15) is 5.56 Å². The van der Waals surface area contributed by atoms with Crippen LogP contribution in [-0.4, -0.2) is 42.1 Å². The Bertz CT molecular complexity index is 816. The summed E-state index contributed by atoms with van der Waals surface area (Å²) in [5.41, 5.74) is 1.86. The maximum absolute atomic E-state index is 12.6. The van der Waals surface area contributed by atoms with Gasteiger partial charge in [-0.05, 0) is 35.9 Å². The first kappa shape index (κ1) is 16.6. The number of para-hydroxylation sites is 1. The Morgan fingerprint density at radius 2 is 1.76 bits per heavy atom. The van der Waals surface area contributed by atoms with Crippen LogP contribution in [0.2, 0.25) is 0 Å². The number of anilines is 1. The highest BCUT2D eigenvalue weighted by Crippen LogP contribution is 2.18. The normalized spacial score (nSPS) is 14.9. The van der Waals surface area contributed by atoms with Crippen LogP contribution in [0, 0.1) is 11.3 Å². The Morgan fingerprint density at radius 3 is 2.40 bits per heavy atom. The molecule has 126 valence electrons. The number of carbonyl (C=O) groups excluding carboxylic acids is 1. The Balaban J connectivity index is 1.68. The van der Waals surface area contributed by atoms with Crippen molar-refractivity contribution < 1.29 is 9.90 Å². The molecule has 0 saturated carbocycles. The number of aromatic hydroxyl groups is 1. The van der Waals surface area contributed by atoms with Gasteiger partial charge in [-0.3, -0.25) is 4.79 Å². The Labute approximate surface area is 147 Å². The van der Waals surface area contributed by atoms with E-state index in [9.17, 15) is 15.2 Å². The number of piperazine rings is 1. The third-order valence-electron chi connectivity index (χ3n) is 4.22. The molecule has 0 radical (unpaired) electrons. The predicted octanol–water partition coefficient (Wildman–Crippen LogP) is 2.65. The third kappa shape index (κ3) is 3.99. The SMILES string of the molecule is N#C/C(=C/c1cccc(O)c1)C(=O)N1CCN(c2ccccc2)CC1. The number of phenols is 1. The van der Waals surface area contributed by atoms with Gasteiger partial charge in [0, 0.05) is 31.9 Å². The fourth-order valence-corrected chi connectivity index (χ4v) is 2.90. The van der Waals surface area contributed by atoms with Gasteiger partial charge in [-0.15, -0.1) is 0 Å². The third-order valence-corrected chi connectivity index (χ3v) is 4.22. The van der Waals surface area contributed by atoms with Gasteiger partial charge in [0.05, 0.1) is 0 Å². The van der Waals surface area contributed by atoms with Gasteiger partial charge in [0.15, 0.2) is 0 Å². The zero-order valence-corrected chi connectivity index (χ0v) is 13.8. The van der Waals surface area contributed by atoms with E-state index < -0.39 is 0 Å². The summed E-state index contributed by atoms with van der Waals surface area (Å²) in [7, 11) is 0. The van der Waals surface area contributed by atoms with Gasteiger partial charge in [-0.25, -0.2) is 0 Å². The van der Waals surface area contributed by atoms with Crippen LogP contribution < -0.4 is 4.90 Å². The number of nitrogens with zero attached hydrogens (tertiary/aromatic N) is 3. The molecule has 3 rings (SSSR count). The fourth-order valence-electron chi connectivity index (χ4n) is 2.90. The van der Waals surface area contributed by atoms with E-state index in [1.165, 1.54) is 12.1 Å². The summed E-state index contributed by atoms with van der Waals surface area (Å²) < 4.78 is 0. The molecule has 2 aromatic rings. The smallest absolute Gasteiger partial charge is 0.264 e. The molecule has 25 heavy (non-hydrogen) atoms. The van der Waals surface area contributed by atoms with Crippen LogP contribution in [0.15, 0.2) is 60.2 Å². The highest BCUT2D eigenvalue weighted by atomic mass is 16.3. The topological polar surface area (TPSA) is 67.6 Å². The lowest BCUT2D eigenvalue weighted by molar-refractivity contribution is -0.126.